The monoisotopic (exact) mass is 360 g/mol. The molecular weight excluding hydrogens is 340 g/mol. The first-order valence-corrected chi connectivity index (χ1v) is 7.93. The molecule has 26 heavy (non-hydrogen) atoms. The van der Waals surface area contributed by atoms with E-state index >= 15 is 0 Å². The zero-order chi connectivity index (χ0) is 18.9. The van der Waals surface area contributed by atoms with Crippen molar-refractivity contribution in [2.75, 3.05) is 6.54 Å². The second-order valence-electron chi connectivity index (χ2n) is 5.61. The number of aromatic nitrogens is 1. The molecule has 1 aromatic carbocycles. The van der Waals surface area contributed by atoms with Gasteiger partial charge in [-0.2, -0.15) is 0 Å². The minimum Gasteiger partial charge on any atom is -0.481 e. The fraction of sp³-hybridized carbons (Fsp3) is 0.278. The number of carboxylic acids is 1. The molecule has 0 spiro atoms. The molecule has 4 N–H and O–H groups in total. The van der Waals surface area contributed by atoms with Gasteiger partial charge in [0.05, 0.1) is 12.1 Å². The third-order valence-electron chi connectivity index (χ3n) is 3.55. The summed E-state index contributed by atoms with van der Waals surface area (Å²) in [4.78, 5) is 26.2. The van der Waals surface area contributed by atoms with E-state index in [0.29, 0.717) is 11.3 Å². The van der Waals surface area contributed by atoms with Crippen molar-refractivity contribution in [2.24, 2.45) is 0 Å². The number of carboxylic acid groups (broad SMARTS) is 1. The first-order valence-electron chi connectivity index (χ1n) is 7.93. The number of hydrogen-bond acceptors (Lipinski definition) is 6. The lowest BCUT2D eigenvalue weighted by molar-refractivity contribution is -0.136. The van der Waals surface area contributed by atoms with Crippen LogP contribution in [0.4, 0.5) is 4.79 Å². The molecular formula is C18H20N2O6. The Morgan fingerprint density at radius 3 is 2.46 bits per heavy atom. The highest BCUT2D eigenvalue weighted by molar-refractivity contribution is 5.69. The summed E-state index contributed by atoms with van der Waals surface area (Å²) in [5.74, 6) is -1.01. The maximum absolute atomic E-state index is 11.6. The average molecular weight is 360 g/mol. The molecule has 2 atom stereocenters. The molecule has 0 fully saturated rings. The number of rotatable bonds is 8. The molecule has 1 aromatic heterocycles. The number of aliphatic hydroxyl groups excluding tert-OH is 2. The molecule has 2 rings (SSSR count). The Bertz CT molecular complexity index is 720. The first kappa shape index (κ1) is 19.4. The molecule has 138 valence electrons. The molecule has 0 aliphatic rings. The molecule has 8 nitrogen and oxygen atoms in total. The Kier molecular flexibility index (Phi) is 7.07. The minimum atomic E-state index is -1.28. The molecule has 0 bridgehead atoms. The zero-order valence-electron chi connectivity index (χ0n) is 13.9. The summed E-state index contributed by atoms with van der Waals surface area (Å²) in [5, 5.41) is 31.1. The fourth-order valence-electron chi connectivity index (χ4n) is 2.17. The van der Waals surface area contributed by atoms with Gasteiger partial charge in [0.15, 0.2) is 0 Å². The first-order chi connectivity index (χ1) is 12.5. The molecule has 0 radical (unpaired) electrons. The van der Waals surface area contributed by atoms with E-state index in [4.69, 9.17) is 9.84 Å². The molecule has 1 heterocycles. The van der Waals surface area contributed by atoms with Crippen LogP contribution in [0.2, 0.25) is 0 Å². The van der Waals surface area contributed by atoms with Gasteiger partial charge in [-0.05, 0) is 11.6 Å². The van der Waals surface area contributed by atoms with Gasteiger partial charge in [-0.1, -0.05) is 36.4 Å². The topological polar surface area (TPSA) is 129 Å². The number of amides is 1. The number of nitrogens with zero attached hydrogens (tertiary/aromatic N) is 1. The standard InChI is InChI=1S/C18H20N2O6/c21-15(10-20-18(25)26-11-12-4-2-1-3-5-12)17(24)13-6-7-14(19-9-13)8-16(22)23/h1-7,9,15,17,21,24H,8,10-11H2,(H,20,25)(H,22,23). The van der Waals surface area contributed by atoms with Crippen molar-refractivity contribution < 1.29 is 29.6 Å². The molecule has 2 aromatic rings. The third kappa shape index (κ3) is 6.15. The van der Waals surface area contributed by atoms with Crippen molar-refractivity contribution in [1.82, 2.24) is 10.3 Å². The summed E-state index contributed by atoms with van der Waals surface area (Å²) in [6.07, 6.45) is -2.20. The van der Waals surface area contributed by atoms with Crippen molar-refractivity contribution in [3.63, 3.8) is 0 Å². The SMILES string of the molecule is O=C(O)Cc1ccc(C(O)C(O)CNC(=O)OCc2ccccc2)cn1. The molecule has 0 aliphatic carbocycles. The number of nitrogens with one attached hydrogen (secondary N) is 1. The molecule has 0 aliphatic heterocycles. The number of aliphatic carboxylic acids is 1. The maximum atomic E-state index is 11.6. The van der Waals surface area contributed by atoms with Crippen molar-refractivity contribution in [2.45, 2.75) is 25.2 Å². The Hall–Kier alpha value is -2.97. The Morgan fingerprint density at radius 2 is 1.85 bits per heavy atom. The van der Waals surface area contributed by atoms with Crippen LogP contribution in [0, 0.1) is 0 Å². The number of alkyl carbamates (subject to hydrolysis) is 1. The highest BCUT2D eigenvalue weighted by atomic mass is 16.5. The van der Waals surface area contributed by atoms with Crippen LogP contribution in [0.25, 0.3) is 0 Å². The lowest BCUT2D eigenvalue weighted by atomic mass is 10.1. The van der Waals surface area contributed by atoms with Crippen molar-refractivity contribution in [1.29, 1.82) is 0 Å². The van der Waals surface area contributed by atoms with E-state index in [2.05, 4.69) is 10.3 Å². The molecule has 2 unspecified atom stereocenters. The van der Waals surface area contributed by atoms with E-state index in [1.165, 1.54) is 18.3 Å². The lowest BCUT2D eigenvalue weighted by Gasteiger charge is -2.18. The number of benzene rings is 1. The van der Waals surface area contributed by atoms with Gasteiger partial charge in [-0.25, -0.2) is 4.79 Å². The van der Waals surface area contributed by atoms with Crippen LogP contribution < -0.4 is 5.32 Å². The van der Waals surface area contributed by atoms with E-state index in [1.807, 2.05) is 30.3 Å². The number of ether oxygens (including phenoxy) is 1. The highest BCUT2D eigenvalue weighted by Crippen LogP contribution is 2.16. The maximum Gasteiger partial charge on any atom is 0.407 e. The zero-order valence-corrected chi connectivity index (χ0v) is 13.9. The van der Waals surface area contributed by atoms with Crippen LogP contribution in [0.3, 0.4) is 0 Å². The number of aliphatic hydroxyl groups is 2. The van der Waals surface area contributed by atoms with Gasteiger partial charge in [0, 0.05) is 18.3 Å². The van der Waals surface area contributed by atoms with Gasteiger partial charge < -0.3 is 25.4 Å². The predicted octanol–water partition coefficient (Wildman–Crippen LogP) is 1.03. The van der Waals surface area contributed by atoms with Crippen LogP contribution >= 0.6 is 0 Å². The van der Waals surface area contributed by atoms with Crippen LogP contribution in [0.5, 0.6) is 0 Å². The summed E-state index contributed by atoms with van der Waals surface area (Å²) in [7, 11) is 0. The van der Waals surface area contributed by atoms with Crippen molar-refractivity contribution >= 4 is 12.1 Å². The van der Waals surface area contributed by atoms with Gasteiger partial charge >= 0.3 is 12.1 Å². The molecule has 0 saturated carbocycles. The molecule has 8 heteroatoms. The fourth-order valence-corrected chi connectivity index (χ4v) is 2.17. The Balaban J connectivity index is 1.78. The number of carbonyl (C=O) groups excluding carboxylic acids is 1. The van der Waals surface area contributed by atoms with Gasteiger partial charge in [0.1, 0.15) is 18.8 Å². The highest BCUT2D eigenvalue weighted by Gasteiger charge is 2.20. The predicted molar refractivity (Wildman–Crippen MR) is 91.2 cm³/mol. The summed E-state index contributed by atoms with van der Waals surface area (Å²) >= 11 is 0. The second kappa shape index (κ2) is 9.50. The summed E-state index contributed by atoms with van der Waals surface area (Å²) in [6.45, 7) is -0.119. The Morgan fingerprint density at radius 1 is 1.12 bits per heavy atom. The summed E-state index contributed by atoms with van der Waals surface area (Å²) in [5.41, 5.74) is 1.48. The van der Waals surface area contributed by atoms with E-state index in [9.17, 15) is 19.8 Å². The van der Waals surface area contributed by atoms with Gasteiger partial charge in [-0.3, -0.25) is 9.78 Å². The quantitative estimate of drug-likeness (QED) is 0.553. The van der Waals surface area contributed by atoms with Crippen LogP contribution in [-0.4, -0.2) is 45.0 Å². The second-order valence-corrected chi connectivity index (χ2v) is 5.61. The van der Waals surface area contributed by atoms with Crippen molar-refractivity contribution in [3.8, 4) is 0 Å². The molecule has 0 saturated heterocycles. The van der Waals surface area contributed by atoms with Crippen LogP contribution in [0.1, 0.15) is 22.9 Å². The smallest absolute Gasteiger partial charge is 0.407 e. The normalized spacial score (nSPS) is 12.8. The van der Waals surface area contributed by atoms with E-state index < -0.39 is 24.3 Å². The number of hydrogen-bond donors (Lipinski definition) is 4. The Labute approximate surface area is 150 Å². The van der Waals surface area contributed by atoms with Gasteiger partial charge in [0.25, 0.3) is 0 Å². The number of carbonyl (C=O) groups is 2. The summed E-state index contributed by atoms with van der Waals surface area (Å²) in [6, 6.07) is 12.1. The van der Waals surface area contributed by atoms with E-state index in [-0.39, 0.29) is 19.6 Å². The van der Waals surface area contributed by atoms with Crippen LogP contribution in [-0.2, 0) is 22.6 Å². The van der Waals surface area contributed by atoms with Crippen LogP contribution in [0.15, 0.2) is 48.7 Å². The largest absolute Gasteiger partial charge is 0.481 e. The lowest BCUT2D eigenvalue weighted by Crippen LogP contribution is -2.35. The van der Waals surface area contributed by atoms with E-state index in [1.54, 1.807) is 0 Å². The number of pyridine rings is 1. The van der Waals surface area contributed by atoms with E-state index in [0.717, 1.165) is 5.56 Å². The van der Waals surface area contributed by atoms with Gasteiger partial charge in [-0.15, -0.1) is 0 Å². The summed E-state index contributed by atoms with van der Waals surface area (Å²) < 4.78 is 5.01. The third-order valence-corrected chi connectivity index (χ3v) is 3.55. The van der Waals surface area contributed by atoms with Crippen molar-refractivity contribution in [3.05, 3.63) is 65.5 Å². The molecule has 1 amide bonds. The van der Waals surface area contributed by atoms with Gasteiger partial charge in [0.2, 0.25) is 0 Å². The minimum absolute atomic E-state index is 0.0975. The average Bonchev–Trinajstić information content (AvgIpc) is 2.65.